The summed E-state index contributed by atoms with van der Waals surface area (Å²) in [5.41, 5.74) is 1.54. The Labute approximate surface area is 225 Å². The number of benzene rings is 2. The van der Waals surface area contributed by atoms with E-state index < -0.39 is 4.92 Å². The third-order valence-electron chi connectivity index (χ3n) is 5.84. The Balaban J connectivity index is 1.49. The molecular formula is C28H29N3O6S. The number of nitro benzene ring substituents is 1. The Morgan fingerprint density at radius 3 is 2.50 bits per heavy atom. The molecule has 9 nitrogen and oxygen atoms in total. The van der Waals surface area contributed by atoms with Gasteiger partial charge >= 0.3 is 0 Å². The van der Waals surface area contributed by atoms with Crippen molar-refractivity contribution in [1.29, 1.82) is 0 Å². The molecule has 10 heteroatoms. The Hall–Kier alpha value is -4.18. The lowest BCUT2D eigenvalue weighted by atomic mass is 10.1. The van der Waals surface area contributed by atoms with Crippen LogP contribution in [0.15, 0.2) is 66.1 Å². The van der Waals surface area contributed by atoms with Crippen LogP contribution >= 0.6 is 11.3 Å². The lowest BCUT2D eigenvalue weighted by molar-refractivity contribution is -0.384. The molecule has 0 N–H and O–H groups in total. The molecule has 0 saturated heterocycles. The van der Waals surface area contributed by atoms with Crippen LogP contribution in [0.1, 0.15) is 29.9 Å². The molecule has 2 heterocycles. The lowest BCUT2D eigenvalue weighted by Crippen LogP contribution is -2.43. The number of nitro groups is 1. The number of carbonyl (C=O) groups excluding carboxylic acids is 2. The van der Waals surface area contributed by atoms with Crippen LogP contribution in [0.3, 0.4) is 0 Å². The fourth-order valence-electron chi connectivity index (χ4n) is 4.00. The maximum atomic E-state index is 13.6. The van der Waals surface area contributed by atoms with Gasteiger partial charge < -0.3 is 19.3 Å². The molecule has 0 spiro atoms. The summed E-state index contributed by atoms with van der Waals surface area (Å²) in [6, 6.07) is 15.5. The highest BCUT2D eigenvalue weighted by atomic mass is 32.1. The number of amides is 2. The van der Waals surface area contributed by atoms with Gasteiger partial charge in [-0.3, -0.25) is 19.7 Å². The van der Waals surface area contributed by atoms with Crippen molar-refractivity contribution in [2.45, 2.75) is 26.9 Å². The Morgan fingerprint density at radius 2 is 1.82 bits per heavy atom. The summed E-state index contributed by atoms with van der Waals surface area (Å²) in [6.45, 7) is 5.27. The van der Waals surface area contributed by atoms with E-state index in [1.807, 2.05) is 49.6 Å². The van der Waals surface area contributed by atoms with Gasteiger partial charge in [0.2, 0.25) is 18.6 Å². The van der Waals surface area contributed by atoms with Crippen molar-refractivity contribution < 1.29 is 24.0 Å². The van der Waals surface area contributed by atoms with Gasteiger partial charge in [0.1, 0.15) is 6.54 Å². The number of hydrogen-bond acceptors (Lipinski definition) is 7. The van der Waals surface area contributed by atoms with E-state index in [4.69, 9.17) is 9.47 Å². The van der Waals surface area contributed by atoms with Crippen LogP contribution in [0.4, 0.5) is 5.69 Å². The molecule has 0 saturated carbocycles. The van der Waals surface area contributed by atoms with Crippen molar-refractivity contribution in [3.63, 3.8) is 0 Å². The normalized spacial score (nSPS) is 12.2. The number of nitrogens with zero attached hydrogens (tertiary/aromatic N) is 3. The van der Waals surface area contributed by atoms with Crippen LogP contribution in [-0.2, 0) is 22.7 Å². The molecule has 0 atom stereocenters. The fraction of sp³-hybridized carbons (Fsp3) is 0.286. The molecule has 4 rings (SSSR count). The highest BCUT2D eigenvalue weighted by Gasteiger charge is 2.23. The van der Waals surface area contributed by atoms with Gasteiger partial charge in [-0.25, -0.2) is 0 Å². The van der Waals surface area contributed by atoms with E-state index in [1.165, 1.54) is 23.1 Å². The molecule has 198 valence electrons. The summed E-state index contributed by atoms with van der Waals surface area (Å²) in [5.74, 6) is 1.01. The average Bonchev–Trinajstić information content (AvgIpc) is 3.58. The van der Waals surface area contributed by atoms with Crippen LogP contribution in [-0.4, -0.2) is 46.4 Å². The van der Waals surface area contributed by atoms with E-state index in [-0.39, 0.29) is 36.8 Å². The molecule has 38 heavy (non-hydrogen) atoms. The monoisotopic (exact) mass is 535 g/mol. The summed E-state index contributed by atoms with van der Waals surface area (Å²) >= 11 is 1.57. The topological polar surface area (TPSA) is 102 Å². The number of carbonyl (C=O) groups is 2. The standard InChI is InChI=1S/C28H29N3O6S/c1-20(2)15-29(27(32)12-8-21-5-9-23(10-6-21)31(34)35)18-28(33)30(17-24-4-3-13-38-24)16-22-7-11-25-26(14-22)37-19-36-25/h3-14,20H,15-19H2,1-2H3/b12-8+. The number of ether oxygens (including phenoxy) is 2. The van der Waals surface area contributed by atoms with Gasteiger partial charge in [0.05, 0.1) is 11.5 Å². The van der Waals surface area contributed by atoms with Crippen molar-refractivity contribution in [2.75, 3.05) is 19.9 Å². The first-order valence-corrected chi connectivity index (χ1v) is 13.1. The first-order chi connectivity index (χ1) is 18.3. The minimum absolute atomic E-state index is 0.0196. The molecule has 1 aliphatic heterocycles. The molecule has 0 fully saturated rings. The summed E-state index contributed by atoms with van der Waals surface area (Å²) in [6.07, 6.45) is 3.00. The van der Waals surface area contributed by atoms with Crippen molar-refractivity contribution in [1.82, 2.24) is 9.80 Å². The lowest BCUT2D eigenvalue weighted by Gasteiger charge is -2.28. The predicted molar refractivity (Wildman–Crippen MR) is 145 cm³/mol. The zero-order valence-corrected chi connectivity index (χ0v) is 22.1. The highest BCUT2D eigenvalue weighted by molar-refractivity contribution is 7.09. The largest absolute Gasteiger partial charge is 0.454 e. The van der Waals surface area contributed by atoms with E-state index in [0.717, 1.165) is 10.4 Å². The van der Waals surface area contributed by atoms with Crippen molar-refractivity contribution >= 4 is 34.9 Å². The summed E-state index contributed by atoms with van der Waals surface area (Å²) < 4.78 is 10.9. The van der Waals surface area contributed by atoms with Crippen LogP contribution in [0, 0.1) is 16.0 Å². The molecule has 0 unspecified atom stereocenters. The second-order valence-corrected chi connectivity index (χ2v) is 10.3. The van der Waals surface area contributed by atoms with Gasteiger partial charge in [0.25, 0.3) is 5.69 Å². The average molecular weight is 536 g/mol. The number of rotatable bonds is 11. The second kappa shape index (κ2) is 12.4. The van der Waals surface area contributed by atoms with Gasteiger partial charge in [0, 0.05) is 36.2 Å². The Morgan fingerprint density at radius 1 is 1.05 bits per heavy atom. The molecule has 2 amide bonds. The number of hydrogen-bond donors (Lipinski definition) is 0. The van der Waals surface area contributed by atoms with Gasteiger partial charge in [-0.15, -0.1) is 11.3 Å². The summed E-state index contributed by atoms with van der Waals surface area (Å²) in [4.78, 5) is 41.4. The minimum atomic E-state index is -0.472. The van der Waals surface area contributed by atoms with Gasteiger partial charge in [-0.2, -0.15) is 0 Å². The van der Waals surface area contributed by atoms with Gasteiger partial charge in [-0.1, -0.05) is 26.0 Å². The zero-order valence-electron chi connectivity index (χ0n) is 21.2. The van der Waals surface area contributed by atoms with E-state index in [2.05, 4.69) is 0 Å². The van der Waals surface area contributed by atoms with Crippen molar-refractivity contribution in [2.24, 2.45) is 5.92 Å². The molecule has 2 aromatic carbocycles. The van der Waals surface area contributed by atoms with E-state index in [9.17, 15) is 19.7 Å². The third-order valence-corrected chi connectivity index (χ3v) is 6.70. The molecule has 0 bridgehead atoms. The fourth-order valence-corrected chi connectivity index (χ4v) is 4.72. The van der Waals surface area contributed by atoms with Crippen molar-refractivity contribution in [3.8, 4) is 11.5 Å². The van der Waals surface area contributed by atoms with Crippen molar-refractivity contribution in [3.05, 3.63) is 92.2 Å². The molecular weight excluding hydrogens is 506 g/mol. The quantitative estimate of drug-likeness (QED) is 0.192. The predicted octanol–water partition coefficient (Wildman–Crippen LogP) is 5.11. The molecule has 1 aliphatic rings. The first-order valence-electron chi connectivity index (χ1n) is 12.2. The third kappa shape index (κ3) is 7.19. The molecule has 0 radical (unpaired) electrons. The summed E-state index contributed by atoms with van der Waals surface area (Å²) in [5, 5.41) is 12.8. The van der Waals surface area contributed by atoms with Gasteiger partial charge in [0.15, 0.2) is 11.5 Å². The SMILES string of the molecule is CC(C)CN(CC(=O)N(Cc1ccc2c(c1)OCO2)Cc1cccs1)C(=O)/C=C/c1ccc([N+](=O)[O-])cc1. The minimum Gasteiger partial charge on any atom is -0.454 e. The Bertz CT molecular complexity index is 1300. The smallest absolute Gasteiger partial charge is 0.269 e. The maximum absolute atomic E-state index is 13.6. The van der Waals surface area contributed by atoms with Crippen LogP contribution in [0.5, 0.6) is 11.5 Å². The zero-order chi connectivity index (χ0) is 27.1. The van der Waals surface area contributed by atoms with Crippen LogP contribution < -0.4 is 9.47 Å². The van der Waals surface area contributed by atoms with Crippen LogP contribution in [0.25, 0.3) is 6.08 Å². The maximum Gasteiger partial charge on any atom is 0.269 e. The highest BCUT2D eigenvalue weighted by Crippen LogP contribution is 2.33. The van der Waals surface area contributed by atoms with E-state index in [0.29, 0.717) is 36.7 Å². The molecule has 0 aliphatic carbocycles. The number of thiophene rings is 1. The number of fused-ring (bicyclic) bond motifs is 1. The molecule has 1 aromatic heterocycles. The molecule has 3 aromatic rings. The van der Waals surface area contributed by atoms with E-state index in [1.54, 1.807) is 34.4 Å². The van der Waals surface area contributed by atoms with Gasteiger partial charge in [-0.05, 0) is 58.8 Å². The number of non-ortho nitro benzene ring substituents is 1. The van der Waals surface area contributed by atoms with E-state index >= 15 is 0 Å². The summed E-state index contributed by atoms with van der Waals surface area (Å²) in [7, 11) is 0. The Kier molecular flexibility index (Phi) is 8.75. The first kappa shape index (κ1) is 26.9. The second-order valence-electron chi connectivity index (χ2n) is 9.31. The van der Waals surface area contributed by atoms with Crippen LogP contribution in [0.2, 0.25) is 0 Å².